The van der Waals surface area contributed by atoms with E-state index in [2.05, 4.69) is 107 Å². The molecule has 44 heavy (non-hydrogen) atoms. The molecule has 0 saturated carbocycles. The van der Waals surface area contributed by atoms with E-state index in [0.29, 0.717) is 11.6 Å². The molecular formula is C38H24ClN3OS. The number of hydrogen-bond donors (Lipinski definition) is 0. The Morgan fingerprint density at radius 1 is 0.568 bits per heavy atom. The van der Waals surface area contributed by atoms with E-state index in [0.717, 1.165) is 37.7 Å². The number of thiophene rings is 1. The van der Waals surface area contributed by atoms with Crippen LogP contribution in [0.25, 0.3) is 76.0 Å². The van der Waals surface area contributed by atoms with E-state index in [1.54, 1.807) is 18.4 Å². The summed E-state index contributed by atoms with van der Waals surface area (Å²) in [6.45, 7) is 0. The summed E-state index contributed by atoms with van der Waals surface area (Å²) in [6.07, 6.45) is 0. The first kappa shape index (κ1) is 26.5. The quantitative estimate of drug-likeness (QED) is 0.196. The molecule has 0 amide bonds. The Morgan fingerprint density at radius 2 is 1.27 bits per heavy atom. The number of halogens is 1. The maximum atomic E-state index is 6.55. The third-order valence-corrected chi connectivity index (χ3v) is 9.33. The number of methoxy groups -OCH3 is 1. The Labute approximate surface area is 263 Å². The second-order valence-electron chi connectivity index (χ2n) is 10.6. The molecule has 2 aromatic heterocycles. The molecule has 0 radical (unpaired) electrons. The minimum atomic E-state index is 0.147. The second-order valence-corrected chi connectivity index (χ2v) is 12.0. The maximum Gasteiger partial charge on any atom is 0.226 e. The highest BCUT2D eigenvalue weighted by atomic mass is 35.5. The minimum absolute atomic E-state index is 0.147. The van der Waals surface area contributed by atoms with Crippen molar-refractivity contribution in [3.63, 3.8) is 0 Å². The van der Waals surface area contributed by atoms with Gasteiger partial charge in [0, 0.05) is 36.7 Å². The lowest BCUT2D eigenvalue weighted by atomic mass is 9.95. The fourth-order valence-corrected chi connectivity index (χ4v) is 7.33. The molecule has 8 rings (SSSR count). The standard InChI is InChI=1S/C38H24ClN3OS/c1-43-32-22-27(21-25-12-5-6-15-28(25)32)36-40-37(42-38(39)41-36)31-18-8-17-30-34-29(16-9-19-33(34)44-35(30)31)26-14-7-13-24(20-26)23-10-3-2-4-11-23/h2-22H,1H3. The van der Waals surface area contributed by atoms with Crippen molar-refractivity contribution >= 4 is 53.9 Å². The highest BCUT2D eigenvalue weighted by molar-refractivity contribution is 7.26. The third-order valence-electron chi connectivity index (χ3n) is 7.95. The van der Waals surface area contributed by atoms with Gasteiger partial charge in [-0.2, -0.15) is 9.97 Å². The zero-order valence-corrected chi connectivity index (χ0v) is 25.2. The van der Waals surface area contributed by atoms with Gasteiger partial charge in [-0.15, -0.1) is 11.3 Å². The Morgan fingerprint density at radius 3 is 2.16 bits per heavy atom. The third kappa shape index (κ3) is 4.58. The van der Waals surface area contributed by atoms with Gasteiger partial charge in [0.25, 0.3) is 0 Å². The lowest BCUT2D eigenvalue weighted by Gasteiger charge is -2.10. The Kier molecular flexibility index (Phi) is 6.55. The van der Waals surface area contributed by atoms with Crippen LogP contribution in [0.4, 0.5) is 0 Å². The van der Waals surface area contributed by atoms with Crippen LogP contribution in [-0.4, -0.2) is 22.1 Å². The van der Waals surface area contributed by atoms with Crippen molar-refractivity contribution in [1.29, 1.82) is 0 Å². The lowest BCUT2D eigenvalue weighted by molar-refractivity contribution is 0.420. The molecule has 2 heterocycles. The number of aromatic nitrogens is 3. The van der Waals surface area contributed by atoms with Crippen molar-refractivity contribution in [3.05, 3.63) is 133 Å². The highest BCUT2D eigenvalue weighted by Gasteiger charge is 2.18. The normalized spacial score (nSPS) is 11.4. The highest BCUT2D eigenvalue weighted by Crippen LogP contribution is 2.44. The van der Waals surface area contributed by atoms with Crippen LogP contribution < -0.4 is 4.74 Å². The maximum absolute atomic E-state index is 6.55. The smallest absolute Gasteiger partial charge is 0.226 e. The Bertz CT molecular complexity index is 2350. The summed E-state index contributed by atoms with van der Waals surface area (Å²) in [4.78, 5) is 14.1. The number of rotatable bonds is 5. The molecule has 0 spiro atoms. The molecule has 0 fully saturated rings. The summed E-state index contributed by atoms with van der Waals surface area (Å²) >= 11 is 8.30. The second kappa shape index (κ2) is 10.9. The predicted molar refractivity (Wildman–Crippen MR) is 184 cm³/mol. The summed E-state index contributed by atoms with van der Waals surface area (Å²) in [5.41, 5.74) is 6.50. The van der Waals surface area contributed by atoms with Crippen LogP contribution in [0.5, 0.6) is 5.75 Å². The van der Waals surface area contributed by atoms with Gasteiger partial charge in [0.05, 0.1) is 7.11 Å². The van der Waals surface area contributed by atoms with Gasteiger partial charge in [-0.25, -0.2) is 4.98 Å². The zero-order valence-electron chi connectivity index (χ0n) is 23.7. The van der Waals surface area contributed by atoms with E-state index in [1.165, 1.54) is 32.3 Å². The van der Waals surface area contributed by atoms with Crippen molar-refractivity contribution in [1.82, 2.24) is 15.0 Å². The van der Waals surface area contributed by atoms with Crippen LogP contribution >= 0.6 is 22.9 Å². The van der Waals surface area contributed by atoms with Crippen LogP contribution in [0, 0.1) is 0 Å². The van der Waals surface area contributed by atoms with E-state index in [4.69, 9.17) is 21.3 Å². The average molecular weight is 606 g/mol. The Balaban J connectivity index is 1.29. The first-order valence-electron chi connectivity index (χ1n) is 14.3. The summed E-state index contributed by atoms with van der Waals surface area (Å²) in [5, 5.41) is 4.59. The van der Waals surface area contributed by atoms with Gasteiger partial charge in [-0.3, -0.25) is 0 Å². The van der Waals surface area contributed by atoms with E-state index in [-0.39, 0.29) is 5.28 Å². The van der Waals surface area contributed by atoms with Crippen LogP contribution in [0.15, 0.2) is 127 Å². The van der Waals surface area contributed by atoms with Gasteiger partial charge < -0.3 is 4.74 Å². The molecule has 0 atom stereocenters. The topological polar surface area (TPSA) is 47.9 Å². The Hall–Kier alpha value is -5.10. The van der Waals surface area contributed by atoms with Gasteiger partial charge in [-0.1, -0.05) is 97.1 Å². The van der Waals surface area contributed by atoms with E-state index >= 15 is 0 Å². The molecule has 0 N–H and O–H groups in total. The van der Waals surface area contributed by atoms with E-state index in [9.17, 15) is 0 Å². The molecule has 0 aliphatic heterocycles. The van der Waals surface area contributed by atoms with Crippen LogP contribution in [-0.2, 0) is 0 Å². The molecule has 6 heteroatoms. The first-order valence-corrected chi connectivity index (χ1v) is 15.4. The largest absolute Gasteiger partial charge is 0.496 e. The first-order chi connectivity index (χ1) is 21.7. The monoisotopic (exact) mass is 605 g/mol. The zero-order chi connectivity index (χ0) is 29.6. The fraction of sp³-hybridized carbons (Fsp3) is 0.0263. The SMILES string of the molecule is COc1cc(-c2nc(Cl)nc(-c3cccc4c3sc3cccc(-c5cccc(-c6ccccc6)c5)c34)n2)cc2ccccc12. The van der Waals surface area contributed by atoms with Gasteiger partial charge in [0.15, 0.2) is 11.6 Å². The number of benzene rings is 6. The molecule has 210 valence electrons. The van der Waals surface area contributed by atoms with Crippen LogP contribution in [0.3, 0.4) is 0 Å². The molecular weight excluding hydrogens is 582 g/mol. The lowest BCUT2D eigenvalue weighted by Crippen LogP contribution is -1.98. The molecule has 0 saturated heterocycles. The molecule has 0 unspecified atom stereocenters. The van der Waals surface area contributed by atoms with Gasteiger partial charge in [0.2, 0.25) is 5.28 Å². The van der Waals surface area contributed by atoms with Crippen molar-refractivity contribution in [2.75, 3.05) is 7.11 Å². The molecule has 4 nitrogen and oxygen atoms in total. The van der Waals surface area contributed by atoms with Gasteiger partial charge in [-0.05, 0) is 69.6 Å². The number of nitrogens with zero attached hydrogens (tertiary/aromatic N) is 3. The molecule has 0 aliphatic carbocycles. The summed E-state index contributed by atoms with van der Waals surface area (Å²) < 4.78 is 8.02. The number of fused-ring (bicyclic) bond motifs is 4. The van der Waals surface area contributed by atoms with Gasteiger partial charge in [0.1, 0.15) is 5.75 Å². The van der Waals surface area contributed by atoms with Crippen molar-refractivity contribution in [2.45, 2.75) is 0 Å². The molecule has 8 aromatic rings. The summed E-state index contributed by atoms with van der Waals surface area (Å²) in [6, 6.07) is 44.2. The summed E-state index contributed by atoms with van der Waals surface area (Å²) in [7, 11) is 1.67. The average Bonchev–Trinajstić information content (AvgIpc) is 3.47. The van der Waals surface area contributed by atoms with Gasteiger partial charge >= 0.3 is 0 Å². The van der Waals surface area contributed by atoms with E-state index in [1.807, 2.05) is 30.3 Å². The summed E-state index contributed by atoms with van der Waals surface area (Å²) in [5.74, 6) is 1.80. The number of ether oxygens (including phenoxy) is 1. The molecule has 0 aliphatic rings. The van der Waals surface area contributed by atoms with Crippen molar-refractivity contribution in [2.24, 2.45) is 0 Å². The van der Waals surface area contributed by atoms with Crippen molar-refractivity contribution < 1.29 is 4.74 Å². The fourth-order valence-electron chi connectivity index (χ4n) is 5.93. The van der Waals surface area contributed by atoms with E-state index < -0.39 is 0 Å². The van der Waals surface area contributed by atoms with Crippen LogP contribution in [0.2, 0.25) is 5.28 Å². The number of hydrogen-bond acceptors (Lipinski definition) is 5. The minimum Gasteiger partial charge on any atom is -0.496 e. The van der Waals surface area contributed by atoms with Crippen LogP contribution in [0.1, 0.15) is 0 Å². The molecule has 0 bridgehead atoms. The predicted octanol–water partition coefficient (Wildman–Crippen LogP) is 10.7. The van der Waals surface area contributed by atoms with Crippen molar-refractivity contribution in [3.8, 4) is 50.8 Å². The molecule has 6 aromatic carbocycles.